The van der Waals surface area contributed by atoms with Crippen LogP contribution in [0.3, 0.4) is 0 Å². The minimum atomic E-state index is -0.758. The van der Waals surface area contributed by atoms with Crippen molar-refractivity contribution in [3.63, 3.8) is 0 Å². The summed E-state index contributed by atoms with van der Waals surface area (Å²) in [6.45, 7) is 11.0. The van der Waals surface area contributed by atoms with E-state index in [2.05, 4.69) is 21.3 Å². The molecule has 10 nitrogen and oxygen atoms in total. The van der Waals surface area contributed by atoms with Gasteiger partial charge < -0.3 is 30.7 Å². The lowest BCUT2D eigenvalue weighted by molar-refractivity contribution is -0.141. The lowest BCUT2D eigenvalue weighted by Gasteiger charge is -2.24. The van der Waals surface area contributed by atoms with Crippen LogP contribution in [-0.2, 0) is 31.9 Å². The molecule has 0 fully saturated rings. The van der Waals surface area contributed by atoms with Gasteiger partial charge in [-0.1, -0.05) is 60.7 Å². The van der Waals surface area contributed by atoms with Crippen LogP contribution in [0.15, 0.2) is 72.8 Å². The van der Waals surface area contributed by atoms with E-state index in [1.54, 1.807) is 0 Å². The SMILES string of the molecule is CC(C)(C)NC(=O)N[C@H](COC(=O)/C=C/C(=O)OC[C@H](Cc1ccccc1)NC(=O)NC(C)(C)C)Cc1ccccc1. The summed E-state index contributed by atoms with van der Waals surface area (Å²) in [5.41, 5.74) is 1.05. The van der Waals surface area contributed by atoms with Crippen molar-refractivity contribution in [3.8, 4) is 0 Å². The van der Waals surface area contributed by atoms with Gasteiger partial charge in [-0.15, -0.1) is 0 Å². The molecule has 0 aromatic heterocycles. The molecule has 0 radical (unpaired) electrons. The van der Waals surface area contributed by atoms with Crippen LogP contribution in [0.2, 0.25) is 0 Å². The second kappa shape index (κ2) is 16.2. The summed E-state index contributed by atoms with van der Waals surface area (Å²) >= 11 is 0. The molecular formula is C32H44N4O6. The molecule has 42 heavy (non-hydrogen) atoms. The first kappa shape index (κ1) is 33.9. The first-order valence-electron chi connectivity index (χ1n) is 14.0. The Kier molecular flexibility index (Phi) is 13.1. The number of urea groups is 2. The minimum Gasteiger partial charge on any atom is -0.460 e. The van der Waals surface area contributed by atoms with Gasteiger partial charge in [0.25, 0.3) is 0 Å². The molecule has 4 N–H and O–H groups in total. The average Bonchev–Trinajstić information content (AvgIpc) is 2.88. The highest BCUT2D eigenvalue weighted by molar-refractivity contribution is 5.91. The third-order valence-corrected chi connectivity index (χ3v) is 5.51. The molecular weight excluding hydrogens is 536 g/mol. The normalized spacial score (nSPS) is 13.0. The predicted octanol–water partition coefficient (Wildman–Crippen LogP) is 4.05. The highest BCUT2D eigenvalue weighted by atomic mass is 16.5. The number of carbonyl (C=O) groups is 4. The lowest BCUT2D eigenvalue weighted by Crippen LogP contribution is -2.51. The molecule has 2 atom stereocenters. The Morgan fingerprint density at radius 3 is 1.26 bits per heavy atom. The molecule has 0 heterocycles. The monoisotopic (exact) mass is 580 g/mol. The number of benzene rings is 2. The molecule has 0 bridgehead atoms. The van der Waals surface area contributed by atoms with Gasteiger partial charge in [-0.3, -0.25) is 0 Å². The van der Waals surface area contributed by atoms with Crippen LogP contribution in [0, 0.1) is 0 Å². The van der Waals surface area contributed by atoms with Gasteiger partial charge in [0, 0.05) is 23.2 Å². The third kappa shape index (κ3) is 15.4. The number of ether oxygens (including phenoxy) is 2. The van der Waals surface area contributed by atoms with Gasteiger partial charge in [-0.25, -0.2) is 19.2 Å². The van der Waals surface area contributed by atoms with Crippen LogP contribution in [0.25, 0.3) is 0 Å². The zero-order valence-electron chi connectivity index (χ0n) is 25.4. The lowest BCUT2D eigenvalue weighted by atomic mass is 10.1. The van der Waals surface area contributed by atoms with Crippen LogP contribution in [0.4, 0.5) is 9.59 Å². The summed E-state index contributed by atoms with van der Waals surface area (Å²) in [7, 11) is 0. The molecule has 2 aromatic rings. The van der Waals surface area contributed by atoms with Crippen LogP contribution in [0.1, 0.15) is 52.7 Å². The maximum Gasteiger partial charge on any atom is 0.331 e. The number of carbonyl (C=O) groups excluding carboxylic acids is 4. The average molecular weight is 581 g/mol. The highest BCUT2D eigenvalue weighted by Crippen LogP contribution is 2.07. The number of rotatable bonds is 12. The maximum absolute atomic E-state index is 12.4. The van der Waals surface area contributed by atoms with Crippen molar-refractivity contribution < 1.29 is 28.7 Å². The molecule has 0 unspecified atom stereocenters. The van der Waals surface area contributed by atoms with Gasteiger partial charge in [0.2, 0.25) is 0 Å². The molecule has 0 spiro atoms. The third-order valence-electron chi connectivity index (χ3n) is 5.51. The zero-order valence-corrected chi connectivity index (χ0v) is 25.4. The Balaban J connectivity index is 1.93. The molecule has 0 saturated heterocycles. The molecule has 228 valence electrons. The molecule has 0 aliphatic heterocycles. The summed E-state index contributed by atoms with van der Waals surface area (Å²) < 4.78 is 10.6. The summed E-state index contributed by atoms with van der Waals surface area (Å²) in [6, 6.07) is 17.2. The highest BCUT2D eigenvalue weighted by Gasteiger charge is 2.20. The first-order valence-corrected chi connectivity index (χ1v) is 14.0. The van der Waals surface area contributed by atoms with E-state index in [4.69, 9.17) is 9.47 Å². The quantitative estimate of drug-likeness (QED) is 0.221. The van der Waals surface area contributed by atoms with Crippen LogP contribution >= 0.6 is 0 Å². The number of amides is 4. The Morgan fingerprint density at radius 1 is 0.619 bits per heavy atom. The van der Waals surface area contributed by atoms with Gasteiger partial charge >= 0.3 is 24.0 Å². The fourth-order valence-electron chi connectivity index (χ4n) is 3.82. The number of hydrogen-bond donors (Lipinski definition) is 4. The van der Waals surface area contributed by atoms with Gasteiger partial charge in [0.15, 0.2) is 0 Å². The number of nitrogens with one attached hydrogen (secondary N) is 4. The van der Waals surface area contributed by atoms with Gasteiger partial charge in [-0.2, -0.15) is 0 Å². The standard InChI is InChI=1S/C32H44N4O6/c1-31(2,3)35-29(39)33-25(19-23-13-9-7-10-14-23)21-41-27(37)17-18-28(38)42-22-26(20-24-15-11-8-12-16-24)34-30(40)36-32(4,5)6/h7-18,25-26H,19-22H2,1-6H3,(H2,33,35,39)(H2,34,36,40)/b18-17+/t25-,26-/m0/s1. The van der Waals surface area contributed by atoms with Crippen molar-refractivity contribution in [3.05, 3.63) is 83.9 Å². The Morgan fingerprint density at radius 2 is 0.952 bits per heavy atom. The maximum atomic E-state index is 12.4. The van der Waals surface area contributed by atoms with E-state index in [1.807, 2.05) is 102 Å². The van der Waals surface area contributed by atoms with Crippen LogP contribution in [-0.4, -0.2) is 60.4 Å². The van der Waals surface area contributed by atoms with E-state index >= 15 is 0 Å². The second-order valence-electron chi connectivity index (χ2n) is 12.1. The number of hydrogen-bond acceptors (Lipinski definition) is 6. The molecule has 0 saturated carbocycles. The summed E-state index contributed by atoms with van der Waals surface area (Å²) in [5, 5.41) is 11.3. The molecule has 4 amide bonds. The molecule has 2 rings (SSSR count). The smallest absolute Gasteiger partial charge is 0.331 e. The van der Waals surface area contributed by atoms with E-state index in [0.717, 1.165) is 23.3 Å². The van der Waals surface area contributed by atoms with E-state index in [1.165, 1.54) is 0 Å². The van der Waals surface area contributed by atoms with Crippen LogP contribution in [0.5, 0.6) is 0 Å². The largest absolute Gasteiger partial charge is 0.460 e. The van der Waals surface area contributed by atoms with E-state index in [-0.39, 0.29) is 25.3 Å². The molecule has 0 aliphatic carbocycles. The van der Waals surface area contributed by atoms with Gasteiger partial charge in [-0.05, 0) is 65.5 Å². The van der Waals surface area contributed by atoms with Gasteiger partial charge in [0.1, 0.15) is 13.2 Å². The summed E-state index contributed by atoms with van der Waals surface area (Å²) in [6.07, 6.45) is 2.83. The van der Waals surface area contributed by atoms with E-state index in [9.17, 15) is 19.2 Å². The Hall–Kier alpha value is -4.34. The van der Waals surface area contributed by atoms with Crippen molar-refractivity contribution in [2.75, 3.05) is 13.2 Å². The zero-order chi connectivity index (χ0) is 31.2. The predicted molar refractivity (Wildman–Crippen MR) is 162 cm³/mol. The topological polar surface area (TPSA) is 135 Å². The van der Waals surface area contributed by atoms with E-state index < -0.39 is 35.1 Å². The molecule has 0 aliphatic rings. The van der Waals surface area contributed by atoms with Crippen molar-refractivity contribution in [2.45, 2.75) is 77.5 Å². The minimum absolute atomic E-state index is 0.101. The van der Waals surface area contributed by atoms with Crippen LogP contribution < -0.4 is 21.3 Å². The van der Waals surface area contributed by atoms with Crippen molar-refractivity contribution in [1.29, 1.82) is 0 Å². The first-order chi connectivity index (χ1) is 19.7. The Labute approximate surface area is 248 Å². The summed E-state index contributed by atoms with van der Waals surface area (Å²) in [5.74, 6) is -1.52. The fourth-order valence-corrected chi connectivity index (χ4v) is 3.82. The van der Waals surface area contributed by atoms with E-state index in [0.29, 0.717) is 12.8 Å². The second-order valence-corrected chi connectivity index (χ2v) is 12.1. The molecule has 2 aromatic carbocycles. The van der Waals surface area contributed by atoms with Gasteiger partial charge in [0.05, 0.1) is 12.1 Å². The van der Waals surface area contributed by atoms with Crippen molar-refractivity contribution in [1.82, 2.24) is 21.3 Å². The molecule has 10 heteroatoms. The fraction of sp³-hybridized carbons (Fsp3) is 0.438. The number of esters is 2. The Bertz CT molecular complexity index is 1090. The van der Waals surface area contributed by atoms with Crippen molar-refractivity contribution >= 4 is 24.0 Å². The summed E-state index contributed by atoms with van der Waals surface area (Å²) in [4.78, 5) is 49.6. The van der Waals surface area contributed by atoms with Crippen molar-refractivity contribution in [2.24, 2.45) is 0 Å².